The molecule has 152 valence electrons. The first-order valence-corrected chi connectivity index (χ1v) is 10.9. The van der Waals surface area contributed by atoms with Crippen LogP contribution in [-0.4, -0.2) is 48.9 Å². The zero-order chi connectivity index (χ0) is 20.6. The monoisotopic (exact) mass is 417 g/mol. The summed E-state index contributed by atoms with van der Waals surface area (Å²) in [5.41, 5.74) is 0.476. The van der Waals surface area contributed by atoms with Crippen LogP contribution >= 0.6 is 0 Å². The number of hydrogen-bond donors (Lipinski definition) is 2. The van der Waals surface area contributed by atoms with Gasteiger partial charge >= 0.3 is 0 Å². The van der Waals surface area contributed by atoms with Crippen molar-refractivity contribution in [2.45, 2.75) is 17.9 Å². The fraction of sp³-hybridized carbons (Fsp3) is 0.300. The zero-order valence-corrected chi connectivity index (χ0v) is 16.7. The zero-order valence-electron chi connectivity index (χ0n) is 15.9. The van der Waals surface area contributed by atoms with E-state index in [9.17, 15) is 17.6 Å². The van der Waals surface area contributed by atoms with Crippen molar-refractivity contribution in [2.75, 3.05) is 26.2 Å². The molecule has 0 aliphatic carbocycles. The van der Waals surface area contributed by atoms with Crippen molar-refractivity contribution < 1.29 is 17.7 Å². The molecule has 1 aromatic heterocycles. The molecule has 9 heteroatoms. The topological polar surface area (TPSA) is 87.6 Å². The molecular weight excluding hydrogens is 395 g/mol. The van der Waals surface area contributed by atoms with Gasteiger partial charge in [0, 0.05) is 0 Å². The lowest BCUT2D eigenvalue weighted by atomic mass is 10.2. The number of quaternary nitrogens is 1. The summed E-state index contributed by atoms with van der Waals surface area (Å²) >= 11 is 0. The molecule has 0 unspecified atom stereocenters. The Kier molecular flexibility index (Phi) is 5.20. The van der Waals surface area contributed by atoms with Crippen molar-refractivity contribution in [2.24, 2.45) is 0 Å². The van der Waals surface area contributed by atoms with Crippen LogP contribution in [0.5, 0.6) is 0 Å². The standard InChI is InChI=1S/C20H21FN4O3S/c1-14(19-22-18-5-3-2-4-17(18)20(26)23-19)24-10-12-25(13-11-24)29(27,28)16-8-6-15(21)7-9-16/h2-9,14H,10-13H2,1H3,(H,22,23,26)/p+1/t14-/m0/s1. The van der Waals surface area contributed by atoms with Crippen LogP contribution in [0.4, 0.5) is 4.39 Å². The number of benzene rings is 2. The minimum absolute atomic E-state index is 0.0806. The van der Waals surface area contributed by atoms with Crippen LogP contribution in [0.2, 0.25) is 0 Å². The smallest absolute Gasteiger partial charge is 0.258 e. The second-order valence-corrected chi connectivity index (χ2v) is 9.14. The Morgan fingerprint density at radius 2 is 1.76 bits per heavy atom. The van der Waals surface area contributed by atoms with Crippen molar-refractivity contribution in [3.05, 3.63) is 70.5 Å². The fourth-order valence-corrected chi connectivity index (χ4v) is 5.15. The third-order valence-electron chi connectivity index (χ3n) is 5.47. The first-order valence-electron chi connectivity index (χ1n) is 9.45. The number of sulfonamides is 1. The Balaban J connectivity index is 1.49. The number of halogens is 1. The average Bonchev–Trinajstić information content (AvgIpc) is 2.73. The number of hydrogen-bond acceptors (Lipinski definition) is 4. The molecule has 1 aliphatic heterocycles. The van der Waals surface area contributed by atoms with Crippen LogP contribution in [0.3, 0.4) is 0 Å². The van der Waals surface area contributed by atoms with Gasteiger partial charge in [0.15, 0.2) is 5.82 Å². The quantitative estimate of drug-likeness (QED) is 0.655. The van der Waals surface area contributed by atoms with Gasteiger partial charge in [-0.1, -0.05) is 12.1 Å². The van der Waals surface area contributed by atoms with Gasteiger partial charge in [0.05, 0.1) is 42.0 Å². The number of aromatic nitrogens is 2. The van der Waals surface area contributed by atoms with E-state index in [1.807, 2.05) is 19.1 Å². The van der Waals surface area contributed by atoms with Crippen molar-refractivity contribution in [1.29, 1.82) is 0 Å². The molecule has 0 amide bonds. The molecule has 1 fully saturated rings. The highest BCUT2D eigenvalue weighted by molar-refractivity contribution is 7.89. The number of fused-ring (bicyclic) bond motifs is 1. The molecule has 1 aliphatic rings. The highest BCUT2D eigenvalue weighted by atomic mass is 32.2. The van der Waals surface area contributed by atoms with E-state index < -0.39 is 15.8 Å². The molecule has 0 bridgehead atoms. The maximum Gasteiger partial charge on any atom is 0.258 e. The van der Waals surface area contributed by atoms with Gasteiger partial charge < -0.3 is 9.88 Å². The number of rotatable bonds is 4. The maximum absolute atomic E-state index is 13.1. The first kappa shape index (κ1) is 19.7. The predicted octanol–water partition coefficient (Wildman–Crippen LogP) is 0.713. The first-order chi connectivity index (χ1) is 13.9. The third kappa shape index (κ3) is 3.81. The Hall–Kier alpha value is -2.62. The summed E-state index contributed by atoms with van der Waals surface area (Å²) in [7, 11) is -3.65. The van der Waals surface area contributed by atoms with Crippen molar-refractivity contribution >= 4 is 20.9 Å². The van der Waals surface area contributed by atoms with Gasteiger partial charge in [0.1, 0.15) is 11.9 Å². The normalized spacial score (nSPS) is 17.4. The van der Waals surface area contributed by atoms with E-state index in [1.165, 1.54) is 16.4 Å². The molecule has 0 radical (unpaired) electrons. The molecule has 2 heterocycles. The number of piperazine rings is 1. The molecule has 7 nitrogen and oxygen atoms in total. The molecule has 4 rings (SSSR count). The molecule has 29 heavy (non-hydrogen) atoms. The van der Waals surface area contributed by atoms with E-state index in [-0.39, 0.29) is 16.5 Å². The van der Waals surface area contributed by atoms with E-state index in [4.69, 9.17) is 0 Å². The van der Waals surface area contributed by atoms with Crippen LogP contribution in [0.25, 0.3) is 10.9 Å². The van der Waals surface area contributed by atoms with Gasteiger partial charge in [0.25, 0.3) is 5.56 Å². The van der Waals surface area contributed by atoms with Gasteiger partial charge in [-0.2, -0.15) is 4.31 Å². The average molecular weight is 417 g/mol. The SMILES string of the molecule is C[C@@H](c1nc2ccccc2c(=O)[nH]1)[NH+]1CCN(S(=O)(=O)c2ccc(F)cc2)CC1. The van der Waals surface area contributed by atoms with E-state index in [0.29, 0.717) is 42.9 Å². The van der Waals surface area contributed by atoms with E-state index in [1.54, 1.807) is 12.1 Å². The number of para-hydroxylation sites is 1. The Morgan fingerprint density at radius 3 is 2.45 bits per heavy atom. The molecular formula is C20H22FN4O3S+. The van der Waals surface area contributed by atoms with Gasteiger partial charge in [-0.15, -0.1) is 0 Å². The molecule has 1 saturated heterocycles. The Bertz CT molecular complexity index is 1190. The summed E-state index contributed by atoms with van der Waals surface area (Å²) < 4.78 is 40.1. The second kappa shape index (κ2) is 7.66. The molecule has 1 atom stereocenters. The lowest BCUT2D eigenvalue weighted by molar-refractivity contribution is -0.933. The summed E-state index contributed by atoms with van der Waals surface area (Å²) in [4.78, 5) is 21.0. The van der Waals surface area contributed by atoms with Gasteiger partial charge in [-0.25, -0.2) is 17.8 Å². The number of aromatic amines is 1. The molecule has 0 saturated carbocycles. The lowest BCUT2D eigenvalue weighted by Gasteiger charge is -2.34. The largest absolute Gasteiger partial charge is 0.324 e. The van der Waals surface area contributed by atoms with Crippen molar-refractivity contribution in [3.63, 3.8) is 0 Å². The maximum atomic E-state index is 13.1. The summed E-state index contributed by atoms with van der Waals surface area (Å²) in [6.07, 6.45) is 0. The number of nitrogens with zero attached hydrogens (tertiary/aromatic N) is 2. The van der Waals surface area contributed by atoms with Gasteiger partial charge in [0.2, 0.25) is 10.0 Å². The predicted molar refractivity (Wildman–Crippen MR) is 107 cm³/mol. The Morgan fingerprint density at radius 1 is 1.10 bits per heavy atom. The summed E-state index contributed by atoms with van der Waals surface area (Å²) in [6.45, 7) is 3.83. The Labute approximate surface area is 167 Å². The second-order valence-electron chi connectivity index (χ2n) is 7.21. The van der Waals surface area contributed by atoms with Crippen LogP contribution in [0.1, 0.15) is 18.8 Å². The van der Waals surface area contributed by atoms with Crippen LogP contribution in [-0.2, 0) is 10.0 Å². The van der Waals surface area contributed by atoms with E-state index in [0.717, 1.165) is 17.0 Å². The van der Waals surface area contributed by atoms with Crippen LogP contribution in [0.15, 0.2) is 58.2 Å². The van der Waals surface area contributed by atoms with Crippen molar-refractivity contribution in [1.82, 2.24) is 14.3 Å². The lowest BCUT2D eigenvalue weighted by Crippen LogP contribution is -3.14. The van der Waals surface area contributed by atoms with Gasteiger partial charge in [-0.3, -0.25) is 4.79 Å². The molecule has 2 N–H and O–H groups in total. The number of nitrogens with one attached hydrogen (secondary N) is 2. The summed E-state index contributed by atoms with van der Waals surface area (Å²) in [5, 5.41) is 0.550. The summed E-state index contributed by atoms with van der Waals surface area (Å²) in [6, 6.07) is 12.0. The minimum atomic E-state index is -3.65. The van der Waals surface area contributed by atoms with Crippen LogP contribution in [0, 0.1) is 5.82 Å². The van der Waals surface area contributed by atoms with Crippen molar-refractivity contribution in [3.8, 4) is 0 Å². The highest BCUT2D eigenvalue weighted by Gasteiger charge is 2.33. The fourth-order valence-electron chi connectivity index (χ4n) is 3.71. The summed E-state index contributed by atoms with van der Waals surface area (Å²) in [5.74, 6) is 0.127. The third-order valence-corrected chi connectivity index (χ3v) is 7.38. The number of H-pyrrole nitrogens is 1. The minimum Gasteiger partial charge on any atom is -0.324 e. The van der Waals surface area contributed by atoms with Gasteiger partial charge in [-0.05, 0) is 43.3 Å². The molecule has 3 aromatic rings. The highest BCUT2D eigenvalue weighted by Crippen LogP contribution is 2.16. The van der Waals surface area contributed by atoms with E-state index in [2.05, 4.69) is 9.97 Å². The van der Waals surface area contributed by atoms with E-state index >= 15 is 0 Å². The van der Waals surface area contributed by atoms with Crippen LogP contribution < -0.4 is 10.5 Å². The molecule has 2 aromatic carbocycles. The molecule has 0 spiro atoms.